The SMILES string of the molecule is C=C(C)C=CC=CC=CC=C(C)C. The van der Waals surface area contributed by atoms with Crippen LogP contribution < -0.4 is 0 Å². The first-order valence-electron chi connectivity index (χ1n) is 4.43. The molecular weight excluding hydrogens is 156 g/mol. The van der Waals surface area contributed by atoms with Crippen LogP contribution in [0.5, 0.6) is 0 Å². The Balaban J connectivity index is 3.82. The van der Waals surface area contributed by atoms with Gasteiger partial charge in [-0.05, 0) is 20.8 Å². The van der Waals surface area contributed by atoms with Gasteiger partial charge in [0.15, 0.2) is 0 Å². The average molecular weight is 174 g/mol. The molecule has 0 saturated heterocycles. The molecule has 0 amide bonds. The van der Waals surface area contributed by atoms with Crippen molar-refractivity contribution in [3.8, 4) is 0 Å². The van der Waals surface area contributed by atoms with Gasteiger partial charge in [-0.15, -0.1) is 0 Å². The molecule has 0 aromatic carbocycles. The molecule has 0 rings (SSSR count). The molecule has 0 spiro atoms. The zero-order valence-corrected chi connectivity index (χ0v) is 8.75. The topological polar surface area (TPSA) is 0 Å². The van der Waals surface area contributed by atoms with Crippen LogP contribution >= 0.6 is 0 Å². The Morgan fingerprint density at radius 3 is 1.92 bits per heavy atom. The lowest BCUT2D eigenvalue weighted by Gasteiger charge is -1.81. The fraction of sp³-hybridized carbons (Fsp3) is 0.231. The predicted octanol–water partition coefficient (Wildman–Crippen LogP) is 4.20. The van der Waals surface area contributed by atoms with Gasteiger partial charge in [0.1, 0.15) is 0 Å². The van der Waals surface area contributed by atoms with Gasteiger partial charge in [-0.1, -0.05) is 60.3 Å². The summed E-state index contributed by atoms with van der Waals surface area (Å²) in [6, 6.07) is 0. The standard InChI is InChI=1S/C13H18/c1-12(2)10-8-6-5-7-9-11-13(3)4/h5-11H,1H2,2-4H3. The van der Waals surface area contributed by atoms with E-state index in [1.165, 1.54) is 5.57 Å². The smallest absolute Gasteiger partial charge is 0.0404 e. The summed E-state index contributed by atoms with van der Waals surface area (Å²) in [6.07, 6.45) is 14.1. The highest BCUT2D eigenvalue weighted by molar-refractivity contribution is 5.21. The third kappa shape index (κ3) is 10.7. The van der Waals surface area contributed by atoms with E-state index in [4.69, 9.17) is 0 Å². The van der Waals surface area contributed by atoms with Gasteiger partial charge in [0.25, 0.3) is 0 Å². The van der Waals surface area contributed by atoms with Crippen molar-refractivity contribution in [1.29, 1.82) is 0 Å². The van der Waals surface area contributed by atoms with Crippen LogP contribution in [0.25, 0.3) is 0 Å². The molecule has 0 unspecified atom stereocenters. The summed E-state index contributed by atoms with van der Waals surface area (Å²) in [7, 11) is 0. The Hall–Kier alpha value is -1.30. The van der Waals surface area contributed by atoms with Crippen molar-refractivity contribution >= 4 is 0 Å². The third-order valence-electron chi connectivity index (χ3n) is 1.25. The Labute approximate surface area is 81.7 Å². The molecular formula is C13H18. The van der Waals surface area contributed by atoms with E-state index >= 15 is 0 Å². The maximum atomic E-state index is 3.76. The van der Waals surface area contributed by atoms with E-state index in [1.54, 1.807) is 0 Å². The minimum absolute atomic E-state index is 1.07. The van der Waals surface area contributed by atoms with Crippen molar-refractivity contribution in [3.63, 3.8) is 0 Å². The van der Waals surface area contributed by atoms with E-state index < -0.39 is 0 Å². The summed E-state index contributed by atoms with van der Waals surface area (Å²) in [6.45, 7) is 9.90. The van der Waals surface area contributed by atoms with E-state index in [1.807, 2.05) is 43.4 Å². The van der Waals surface area contributed by atoms with Crippen molar-refractivity contribution in [2.75, 3.05) is 0 Å². The number of allylic oxidation sites excluding steroid dienone is 9. The fourth-order valence-corrected chi connectivity index (χ4v) is 0.660. The molecule has 0 N–H and O–H groups in total. The van der Waals surface area contributed by atoms with Gasteiger partial charge in [-0.2, -0.15) is 0 Å². The lowest BCUT2D eigenvalue weighted by atomic mass is 10.3. The third-order valence-corrected chi connectivity index (χ3v) is 1.25. The van der Waals surface area contributed by atoms with Crippen LogP contribution in [0, 0.1) is 0 Å². The van der Waals surface area contributed by atoms with E-state index in [0.717, 1.165) is 5.57 Å². The quantitative estimate of drug-likeness (QED) is 0.560. The molecule has 13 heavy (non-hydrogen) atoms. The first-order valence-corrected chi connectivity index (χ1v) is 4.43. The maximum absolute atomic E-state index is 3.76. The van der Waals surface area contributed by atoms with Crippen LogP contribution in [-0.2, 0) is 0 Å². The maximum Gasteiger partial charge on any atom is -0.0404 e. The van der Waals surface area contributed by atoms with Crippen LogP contribution in [0.4, 0.5) is 0 Å². The highest BCUT2D eigenvalue weighted by Crippen LogP contribution is 1.91. The van der Waals surface area contributed by atoms with Gasteiger partial charge in [-0.25, -0.2) is 0 Å². The second-order valence-electron chi connectivity index (χ2n) is 3.22. The van der Waals surface area contributed by atoms with Gasteiger partial charge >= 0.3 is 0 Å². The normalized spacial score (nSPS) is 11.6. The van der Waals surface area contributed by atoms with Gasteiger partial charge < -0.3 is 0 Å². The Bertz CT molecular complexity index is 256. The molecule has 0 saturated carbocycles. The van der Waals surface area contributed by atoms with Gasteiger partial charge in [-0.3, -0.25) is 0 Å². The highest BCUT2D eigenvalue weighted by atomic mass is 13.8. The van der Waals surface area contributed by atoms with E-state index in [-0.39, 0.29) is 0 Å². The second kappa shape index (κ2) is 7.35. The minimum Gasteiger partial charge on any atom is -0.0961 e. The van der Waals surface area contributed by atoms with E-state index in [0.29, 0.717) is 0 Å². The molecule has 0 aromatic rings. The molecule has 0 heterocycles. The van der Waals surface area contributed by atoms with Crippen LogP contribution in [-0.4, -0.2) is 0 Å². The minimum atomic E-state index is 1.07. The molecule has 0 aliphatic carbocycles. The zero-order chi connectivity index (χ0) is 10.1. The molecule has 0 aliphatic rings. The number of hydrogen-bond acceptors (Lipinski definition) is 0. The lowest BCUT2D eigenvalue weighted by Crippen LogP contribution is -1.59. The van der Waals surface area contributed by atoms with Crippen LogP contribution in [0.1, 0.15) is 20.8 Å². The van der Waals surface area contributed by atoms with Gasteiger partial charge in [0.05, 0.1) is 0 Å². The van der Waals surface area contributed by atoms with Gasteiger partial charge in [0, 0.05) is 0 Å². The summed E-state index contributed by atoms with van der Waals surface area (Å²) in [5.41, 5.74) is 2.38. The van der Waals surface area contributed by atoms with Crippen LogP contribution in [0.3, 0.4) is 0 Å². The summed E-state index contributed by atoms with van der Waals surface area (Å²) >= 11 is 0. The summed E-state index contributed by atoms with van der Waals surface area (Å²) in [5.74, 6) is 0. The predicted molar refractivity (Wildman–Crippen MR) is 61.7 cm³/mol. The molecule has 0 aliphatic heterocycles. The number of hydrogen-bond donors (Lipinski definition) is 0. The zero-order valence-electron chi connectivity index (χ0n) is 8.75. The van der Waals surface area contributed by atoms with Crippen molar-refractivity contribution in [3.05, 3.63) is 60.3 Å². The van der Waals surface area contributed by atoms with Crippen molar-refractivity contribution in [1.82, 2.24) is 0 Å². The van der Waals surface area contributed by atoms with Crippen LogP contribution in [0.15, 0.2) is 60.3 Å². The fourth-order valence-electron chi connectivity index (χ4n) is 0.660. The lowest BCUT2D eigenvalue weighted by molar-refractivity contribution is 1.39. The first-order chi connectivity index (χ1) is 6.13. The number of rotatable bonds is 4. The molecule has 0 aromatic heterocycles. The second-order valence-corrected chi connectivity index (χ2v) is 3.22. The molecule has 0 fully saturated rings. The molecule has 0 radical (unpaired) electrons. The summed E-state index contributed by atoms with van der Waals surface area (Å²) in [5, 5.41) is 0. The Morgan fingerprint density at radius 2 is 1.38 bits per heavy atom. The Morgan fingerprint density at radius 1 is 0.846 bits per heavy atom. The highest BCUT2D eigenvalue weighted by Gasteiger charge is 1.69. The molecule has 70 valence electrons. The molecule has 0 bridgehead atoms. The van der Waals surface area contributed by atoms with E-state index in [2.05, 4.69) is 26.5 Å². The molecule has 0 nitrogen and oxygen atoms in total. The summed E-state index contributed by atoms with van der Waals surface area (Å²) in [4.78, 5) is 0. The van der Waals surface area contributed by atoms with E-state index in [9.17, 15) is 0 Å². The average Bonchev–Trinajstić information content (AvgIpc) is 2.01. The Kier molecular flexibility index (Phi) is 6.62. The first kappa shape index (κ1) is 11.7. The van der Waals surface area contributed by atoms with Crippen molar-refractivity contribution in [2.45, 2.75) is 20.8 Å². The van der Waals surface area contributed by atoms with Gasteiger partial charge in [0.2, 0.25) is 0 Å². The summed E-state index contributed by atoms with van der Waals surface area (Å²) < 4.78 is 0. The molecule has 0 atom stereocenters. The largest absolute Gasteiger partial charge is 0.0961 e. The van der Waals surface area contributed by atoms with Crippen molar-refractivity contribution in [2.24, 2.45) is 0 Å². The van der Waals surface area contributed by atoms with Crippen molar-refractivity contribution < 1.29 is 0 Å². The molecule has 0 heteroatoms. The monoisotopic (exact) mass is 174 g/mol. The van der Waals surface area contributed by atoms with Crippen LogP contribution in [0.2, 0.25) is 0 Å².